The summed E-state index contributed by atoms with van der Waals surface area (Å²) in [5, 5.41) is 16.9. The monoisotopic (exact) mass is 330 g/mol. The van der Waals surface area contributed by atoms with Crippen LogP contribution in [0, 0.1) is 5.41 Å². The first kappa shape index (κ1) is 19.5. The summed E-state index contributed by atoms with van der Waals surface area (Å²) < 4.78 is 4.94. The molecule has 128 valence electrons. The van der Waals surface area contributed by atoms with E-state index >= 15 is 0 Å². The lowest BCUT2D eigenvalue weighted by atomic mass is 9.97. The molecule has 0 saturated heterocycles. The van der Waals surface area contributed by atoms with Crippen LogP contribution >= 0.6 is 0 Å². The van der Waals surface area contributed by atoms with Crippen LogP contribution in [0.1, 0.15) is 24.2 Å². The Morgan fingerprint density at radius 2 is 1.33 bits per heavy atom. The fraction of sp³-hybridized carbons (Fsp3) is 0.263. The maximum Gasteiger partial charge on any atom is 0.385 e. The zero-order valence-electron chi connectivity index (χ0n) is 13.8. The number of aliphatic hydroxyl groups excluding tert-OH is 2. The third-order valence-corrected chi connectivity index (χ3v) is 3.03. The fourth-order valence-electron chi connectivity index (χ4n) is 1.40. The zero-order chi connectivity index (χ0) is 18.0. The molecule has 0 atom stereocenters. The molecule has 0 aromatic heterocycles. The molecule has 5 nitrogen and oxygen atoms in total. The number of rotatable bonds is 5. The number of Topliss-reactive ketones (excluding diaryl/α,β-unsaturated/α-hetero) is 1. The van der Waals surface area contributed by atoms with Gasteiger partial charge < -0.3 is 14.9 Å². The number of carbonyl (C=O) groups is 2. The average Bonchev–Trinajstić information content (AvgIpc) is 2.63. The molecule has 0 aliphatic rings. The van der Waals surface area contributed by atoms with Gasteiger partial charge in [0.1, 0.15) is 5.75 Å². The Labute approximate surface area is 141 Å². The van der Waals surface area contributed by atoms with Gasteiger partial charge in [-0.05, 0) is 12.1 Å². The van der Waals surface area contributed by atoms with Gasteiger partial charge in [-0.15, -0.1) is 0 Å². The predicted molar refractivity (Wildman–Crippen MR) is 90.8 cm³/mol. The van der Waals surface area contributed by atoms with E-state index in [0.717, 1.165) is 0 Å². The van der Waals surface area contributed by atoms with Gasteiger partial charge in [-0.2, -0.15) is 0 Å². The quantitative estimate of drug-likeness (QED) is 0.381. The Bertz CT molecular complexity index is 629. The van der Waals surface area contributed by atoms with Gasteiger partial charge in [0, 0.05) is 11.0 Å². The van der Waals surface area contributed by atoms with E-state index < -0.39 is 11.8 Å². The molecule has 0 amide bonds. The van der Waals surface area contributed by atoms with E-state index in [1.165, 1.54) is 0 Å². The van der Waals surface area contributed by atoms with Crippen LogP contribution in [-0.4, -0.2) is 35.2 Å². The van der Waals surface area contributed by atoms with Crippen molar-refractivity contribution in [2.75, 3.05) is 13.2 Å². The highest BCUT2D eigenvalue weighted by atomic mass is 16.5. The number of ketones is 1. The summed E-state index contributed by atoms with van der Waals surface area (Å²) in [7, 11) is 0. The molecular weight excluding hydrogens is 308 g/mol. The van der Waals surface area contributed by atoms with Gasteiger partial charge in [-0.25, -0.2) is 4.79 Å². The molecule has 5 heteroatoms. The van der Waals surface area contributed by atoms with E-state index in [1.807, 2.05) is 0 Å². The van der Waals surface area contributed by atoms with Gasteiger partial charge in [0.25, 0.3) is 5.78 Å². The molecule has 2 N–H and O–H groups in total. The van der Waals surface area contributed by atoms with Gasteiger partial charge in [0.05, 0.1) is 13.2 Å². The second kappa shape index (κ2) is 9.60. The second-order valence-corrected chi connectivity index (χ2v) is 5.88. The van der Waals surface area contributed by atoms with Crippen LogP contribution in [0.5, 0.6) is 5.75 Å². The molecular formula is C19H22O5. The lowest BCUT2D eigenvalue weighted by Crippen LogP contribution is -2.20. The highest BCUT2D eigenvalue weighted by Crippen LogP contribution is 2.11. The van der Waals surface area contributed by atoms with Crippen LogP contribution in [-0.2, 0) is 4.79 Å². The molecule has 2 aromatic carbocycles. The van der Waals surface area contributed by atoms with Gasteiger partial charge in [-0.1, -0.05) is 62.4 Å². The summed E-state index contributed by atoms with van der Waals surface area (Å²) in [4.78, 5) is 23.2. The van der Waals surface area contributed by atoms with Crippen LogP contribution in [0.2, 0.25) is 0 Å². The number of para-hydroxylation sites is 1. The van der Waals surface area contributed by atoms with E-state index in [9.17, 15) is 9.59 Å². The van der Waals surface area contributed by atoms with E-state index in [4.69, 9.17) is 14.9 Å². The van der Waals surface area contributed by atoms with Crippen molar-refractivity contribution in [1.82, 2.24) is 0 Å². The molecule has 0 spiro atoms. The largest absolute Gasteiger partial charge is 0.421 e. The van der Waals surface area contributed by atoms with Gasteiger partial charge in [0.15, 0.2) is 0 Å². The van der Waals surface area contributed by atoms with Crippen LogP contribution in [0.25, 0.3) is 0 Å². The number of benzene rings is 2. The highest BCUT2D eigenvalue weighted by Gasteiger charge is 2.18. The SMILES string of the molecule is CC(C)(CO)CO.O=C(Oc1ccccc1)C(=O)c1ccccc1. The first-order chi connectivity index (χ1) is 11.4. The summed E-state index contributed by atoms with van der Waals surface area (Å²) in [6.07, 6.45) is 0. The van der Waals surface area contributed by atoms with Crippen molar-refractivity contribution in [3.63, 3.8) is 0 Å². The molecule has 24 heavy (non-hydrogen) atoms. The zero-order valence-corrected chi connectivity index (χ0v) is 13.8. The predicted octanol–water partition coefficient (Wildman–Crippen LogP) is 2.47. The molecule has 2 aromatic rings. The number of hydrogen-bond donors (Lipinski definition) is 2. The van der Waals surface area contributed by atoms with E-state index in [0.29, 0.717) is 11.3 Å². The first-order valence-corrected chi connectivity index (χ1v) is 7.48. The Kier molecular flexibility index (Phi) is 7.82. The fourth-order valence-corrected chi connectivity index (χ4v) is 1.40. The van der Waals surface area contributed by atoms with Crippen LogP contribution in [0.15, 0.2) is 60.7 Å². The minimum absolute atomic E-state index is 0.0451. The average molecular weight is 330 g/mol. The Morgan fingerprint density at radius 1 is 0.875 bits per heavy atom. The summed E-state index contributed by atoms with van der Waals surface area (Å²) >= 11 is 0. The van der Waals surface area contributed by atoms with Gasteiger partial charge in [0.2, 0.25) is 0 Å². The normalized spacial score (nSPS) is 10.3. The molecule has 0 unspecified atom stereocenters. The van der Waals surface area contributed by atoms with Crippen molar-refractivity contribution in [2.45, 2.75) is 13.8 Å². The molecule has 0 heterocycles. The lowest BCUT2D eigenvalue weighted by molar-refractivity contribution is -0.129. The lowest BCUT2D eigenvalue weighted by Gasteiger charge is -2.16. The minimum atomic E-state index is -0.873. The van der Waals surface area contributed by atoms with E-state index in [1.54, 1.807) is 74.5 Å². The number of hydrogen-bond acceptors (Lipinski definition) is 5. The van der Waals surface area contributed by atoms with E-state index in [2.05, 4.69) is 0 Å². The van der Waals surface area contributed by atoms with Crippen molar-refractivity contribution in [3.8, 4) is 5.75 Å². The molecule has 0 fully saturated rings. The number of carbonyl (C=O) groups excluding carboxylic acids is 2. The van der Waals surface area contributed by atoms with Gasteiger partial charge in [-0.3, -0.25) is 4.79 Å². The summed E-state index contributed by atoms with van der Waals surface area (Å²) in [5.41, 5.74) is 0.0217. The van der Waals surface area contributed by atoms with Crippen LogP contribution in [0.3, 0.4) is 0 Å². The van der Waals surface area contributed by atoms with Gasteiger partial charge >= 0.3 is 5.97 Å². The number of aliphatic hydroxyl groups is 2. The maximum atomic E-state index is 11.7. The molecule has 0 aliphatic carbocycles. The molecule has 0 bridgehead atoms. The van der Waals surface area contributed by atoms with Crippen molar-refractivity contribution < 1.29 is 24.5 Å². The van der Waals surface area contributed by atoms with Crippen molar-refractivity contribution in [1.29, 1.82) is 0 Å². The first-order valence-electron chi connectivity index (χ1n) is 7.48. The molecule has 0 radical (unpaired) electrons. The minimum Gasteiger partial charge on any atom is -0.421 e. The molecule has 2 rings (SSSR count). The summed E-state index contributed by atoms with van der Waals surface area (Å²) in [6, 6.07) is 16.8. The van der Waals surface area contributed by atoms with Crippen LogP contribution < -0.4 is 4.74 Å². The Hall–Kier alpha value is -2.50. The second-order valence-electron chi connectivity index (χ2n) is 5.88. The number of ether oxygens (including phenoxy) is 1. The van der Waals surface area contributed by atoms with E-state index in [-0.39, 0.29) is 18.6 Å². The smallest absolute Gasteiger partial charge is 0.385 e. The summed E-state index contributed by atoms with van der Waals surface area (Å²) in [5.74, 6) is -1.15. The Morgan fingerprint density at radius 3 is 1.75 bits per heavy atom. The summed E-state index contributed by atoms with van der Waals surface area (Å²) in [6.45, 7) is 3.69. The molecule has 0 saturated carbocycles. The standard InChI is InChI=1S/C14H10O3.C5H12O2/c15-13(11-7-3-1-4-8-11)14(16)17-12-9-5-2-6-10-12;1-5(2,3-6)4-7/h1-10H;6-7H,3-4H2,1-2H3. The Balaban J connectivity index is 0.000000351. The topological polar surface area (TPSA) is 83.8 Å². The third kappa shape index (κ3) is 6.73. The number of esters is 1. The highest BCUT2D eigenvalue weighted by molar-refractivity contribution is 6.41. The van der Waals surface area contributed by atoms with Crippen molar-refractivity contribution >= 4 is 11.8 Å². The van der Waals surface area contributed by atoms with Crippen LogP contribution in [0.4, 0.5) is 0 Å². The molecule has 0 aliphatic heterocycles. The van der Waals surface area contributed by atoms with Crippen molar-refractivity contribution in [3.05, 3.63) is 66.2 Å². The third-order valence-electron chi connectivity index (χ3n) is 3.03. The van der Waals surface area contributed by atoms with Crippen molar-refractivity contribution in [2.24, 2.45) is 5.41 Å². The maximum absolute atomic E-state index is 11.7.